The van der Waals surface area contributed by atoms with Gasteiger partial charge in [0.15, 0.2) is 5.78 Å². The van der Waals surface area contributed by atoms with Crippen molar-refractivity contribution < 1.29 is 4.79 Å². The molecule has 0 aromatic carbocycles. The minimum Gasteiger partial charge on any atom is -0.297 e. The first kappa shape index (κ1) is 12.1. The van der Waals surface area contributed by atoms with Gasteiger partial charge in [0.25, 0.3) is 0 Å². The molecule has 0 saturated heterocycles. The molecule has 1 atom stereocenters. The van der Waals surface area contributed by atoms with Crippen LogP contribution in [-0.2, 0) is 4.79 Å². The van der Waals surface area contributed by atoms with Crippen molar-refractivity contribution in [3.05, 3.63) is 36.2 Å². The summed E-state index contributed by atoms with van der Waals surface area (Å²) in [5.41, 5.74) is 3.87. The molecule has 2 aliphatic heterocycles. The second kappa shape index (κ2) is 4.49. The molecule has 0 fully saturated rings. The zero-order chi connectivity index (χ0) is 12.5. The number of rotatable bonds is 4. The molecule has 2 rings (SSSR count). The number of hydrazine groups is 1. The molecule has 0 aliphatic carbocycles. The van der Waals surface area contributed by atoms with Gasteiger partial charge in [-0.25, -0.2) is 5.43 Å². The molecular weight excluding hydrogens is 212 g/mol. The predicted octanol–water partition coefficient (Wildman–Crippen LogP) is 2.54. The molecule has 17 heavy (non-hydrogen) atoms. The number of carbonyl (C=O) groups is 1. The fourth-order valence-electron chi connectivity index (χ4n) is 2.34. The van der Waals surface area contributed by atoms with Crippen LogP contribution in [0.25, 0.3) is 0 Å². The Kier molecular flexibility index (Phi) is 3.20. The van der Waals surface area contributed by atoms with E-state index in [0.717, 1.165) is 12.1 Å². The Morgan fingerprint density at radius 1 is 1.47 bits per heavy atom. The Bertz CT molecular complexity index is 406. The zero-order valence-electron chi connectivity index (χ0n) is 10.7. The van der Waals surface area contributed by atoms with E-state index in [1.165, 1.54) is 0 Å². The Morgan fingerprint density at radius 3 is 2.82 bits per heavy atom. The zero-order valence-corrected chi connectivity index (χ0v) is 10.7. The fourth-order valence-corrected chi connectivity index (χ4v) is 2.34. The fraction of sp³-hybridized carbons (Fsp3) is 0.500. The van der Waals surface area contributed by atoms with E-state index in [2.05, 4.69) is 25.3 Å². The van der Waals surface area contributed by atoms with E-state index < -0.39 is 5.54 Å². The Morgan fingerprint density at radius 2 is 2.24 bits per heavy atom. The van der Waals surface area contributed by atoms with E-state index in [1.54, 1.807) is 0 Å². The van der Waals surface area contributed by atoms with E-state index in [0.29, 0.717) is 6.42 Å². The molecular formula is C14H20N2O. The molecule has 0 saturated carbocycles. The minimum atomic E-state index is -0.537. The van der Waals surface area contributed by atoms with E-state index in [-0.39, 0.29) is 11.7 Å². The topological polar surface area (TPSA) is 32.3 Å². The van der Waals surface area contributed by atoms with Gasteiger partial charge in [-0.1, -0.05) is 26.8 Å². The summed E-state index contributed by atoms with van der Waals surface area (Å²) in [4.78, 5) is 12.4. The van der Waals surface area contributed by atoms with Gasteiger partial charge in [0.2, 0.25) is 0 Å². The highest BCUT2D eigenvalue weighted by Gasteiger charge is 2.44. The van der Waals surface area contributed by atoms with Crippen molar-refractivity contribution in [2.45, 2.75) is 39.2 Å². The van der Waals surface area contributed by atoms with Crippen molar-refractivity contribution in [2.75, 3.05) is 0 Å². The Balaban J connectivity index is 2.33. The molecule has 2 aliphatic rings. The molecule has 0 bridgehead atoms. The van der Waals surface area contributed by atoms with Gasteiger partial charge in [0, 0.05) is 12.6 Å². The summed E-state index contributed by atoms with van der Waals surface area (Å²) in [6.07, 6.45) is 11.5. The van der Waals surface area contributed by atoms with Crippen molar-refractivity contribution in [2.24, 2.45) is 5.92 Å². The van der Waals surface area contributed by atoms with E-state index in [4.69, 9.17) is 0 Å². The molecule has 2 heterocycles. The third kappa shape index (κ3) is 1.95. The number of Topliss-reactive ketones (excluding diaryl/α,β-unsaturated/α-hetero) is 1. The highest BCUT2D eigenvalue weighted by atomic mass is 16.1. The quantitative estimate of drug-likeness (QED) is 0.808. The lowest BCUT2D eigenvalue weighted by molar-refractivity contribution is -0.126. The Labute approximate surface area is 103 Å². The number of hydrogen-bond donors (Lipinski definition) is 1. The summed E-state index contributed by atoms with van der Waals surface area (Å²) in [6.45, 7) is 6.22. The van der Waals surface area contributed by atoms with Gasteiger partial charge in [-0.05, 0) is 30.6 Å². The molecule has 92 valence electrons. The van der Waals surface area contributed by atoms with Gasteiger partial charge < -0.3 is 0 Å². The lowest BCUT2D eigenvalue weighted by atomic mass is 9.81. The summed E-state index contributed by atoms with van der Waals surface area (Å²) in [5, 5.41) is 1.94. The highest BCUT2D eigenvalue weighted by molar-refractivity contribution is 5.91. The molecule has 0 spiro atoms. The average Bonchev–Trinajstić information content (AvgIpc) is 2.69. The number of hydrogen-bond acceptors (Lipinski definition) is 3. The summed E-state index contributed by atoms with van der Waals surface area (Å²) in [7, 11) is 0. The maximum Gasteiger partial charge on any atom is 0.158 e. The van der Waals surface area contributed by atoms with Crippen LogP contribution in [0.3, 0.4) is 0 Å². The van der Waals surface area contributed by atoms with E-state index >= 15 is 0 Å². The van der Waals surface area contributed by atoms with Crippen LogP contribution in [0.1, 0.15) is 33.6 Å². The van der Waals surface area contributed by atoms with Gasteiger partial charge in [-0.2, -0.15) is 0 Å². The van der Waals surface area contributed by atoms with Gasteiger partial charge in [-0.3, -0.25) is 9.80 Å². The normalized spacial score (nSPS) is 26.4. The van der Waals surface area contributed by atoms with Gasteiger partial charge in [0.05, 0.1) is 5.70 Å². The monoisotopic (exact) mass is 232 g/mol. The molecule has 1 unspecified atom stereocenters. The van der Waals surface area contributed by atoms with Gasteiger partial charge >= 0.3 is 0 Å². The molecule has 0 aromatic rings. The first-order valence-corrected chi connectivity index (χ1v) is 6.28. The number of nitrogens with one attached hydrogen (secondary N) is 1. The lowest BCUT2D eigenvalue weighted by Gasteiger charge is -2.32. The number of fused-ring (bicyclic) bond motifs is 1. The molecule has 1 N–H and O–H groups in total. The van der Waals surface area contributed by atoms with Crippen molar-refractivity contribution in [3.63, 3.8) is 0 Å². The second-order valence-electron chi connectivity index (χ2n) is 4.95. The van der Waals surface area contributed by atoms with Gasteiger partial charge in [-0.15, -0.1) is 0 Å². The van der Waals surface area contributed by atoms with E-state index in [1.807, 2.05) is 36.4 Å². The van der Waals surface area contributed by atoms with Crippen LogP contribution in [0, 0.1) is 5.92 Å². The predicted molar refractivity (Wildman–Crippen MR) is 68.8 cm³/mol. The van der Waals surface area contributed by atoms with Crippen molar-refractivity contribution in [1.82, 2.24) is 10.4 Å². The number of ketones is 1. The number of allylic oxidation sites excluding steroid dienone is 3. The average molecular weight is 232 g/mol. The maximum atomic E-state index is 12.4. The SMILES string of the molecule is CCCC(=O)C1(C(C)C)C=C2C=CC=CN2N1. The standard InChI is InChI=1S/C14H20N2O/c1-4-7-13(17)14(11(2)3)10-12-8-5-6-9-16(12)15-14/h5-6,8-11,15H,4,7H2,1-3H3. The molecule has 3 nitrogen and oxygen atoms in total. The molecule has 0 amide bonds. The Hall–Kier alpha value is -1.35. The maximum absolute atomic E-state index is 12.4. The van der Waals surface area contributed by atoms with Gasteiger partial charge in [0.1, 0.15) is 5.54 Å². The van der Waals surface area contributed by atoms with Crippen molar-refractivity contribution in [3.8, 4) is 0 Å². The first-order chi connectivity index (χ1) is 8.10. The number of nitrogens with zero attached hydrogens (tertiary/aromatic N) is 1. The van der Waals surface area contributed by atoms with E-state index in [9.17, 15) is 4.79 Å². The largest absolute Gasteiger partial charge is 0.297 e. The lowest BCUT2D eigenvalue weighted by Crippen LogP contribution is -2.54. The minimum absolute atomic E-state index is 0.237. The molecule has 3 heteroatoms. The summed E-state index contributed by atoms with van der Waals surface area (Å²) in [6, 6.07) is 0. The summed E-state index contributed by atoms with van der Waals surface area (Å²) in [5.74, 6) is 0.514. The third-order valence-corrected chi connectivity index (χ3v) is 3.42. The second-order valence-corrected chi connectivity index (χ2v) is 4.95. The third-order valence-electron chi connectivity index (χ3n) is 3.42. The summed E-state index contributed by atoms with van der Waals surface area (Å²) < 4.78 is 0. The van der Waals surface area contributed by atoms with Crippen LogP contribution in [0.5, 0.6) is 0 Å². The van der Waals surface area contributed by atoms with Crippen LogP contribution in [0.15, 0.2) is 36.2 Å². The van der Waals surface area contributed by atoms with Crippen LogP contribution in [0.2, 0.25) is 0 Å². The summed E-state index contributed by atoms with van der Waals surface area (Å²) >= 11 is 0. The van der Waals surface area contributed by atoms with Crippen LogP contribution in [0.4, 0.5) is 0 Å². The van der Waals surface area contributed by atoms with Crippen molar-refractivity contribution in [1.29, 1.82) is 0 Å². The number of carbonyl (C=O) groups excluding carboxylic acids is 1. The smallest absolute Gasteiger partial charge is 0.158 e. The van der Waals surface area contributed by atoms with Crippen LogP contribution < -0.4 is 5.43 Å². The molecule has 0 aromatic heterocycles. The van der Waals surface area contributed by atoms with Crippen LogP contribution in [-0.4, -0.2) is 16.3 Å². The van der Waals surface area contributed by atoms with Crippen LogP contribution >= 0.6 is 0 Å². The molecule has 0 radical (unpaired) electrons. The highest BCUT2D eigenvalue weighted by Crippen LogP contribution is 2.32. The first-order valence-electron chi connectivity index (χ1n) is 6.28. The van der Waals surface area contributed by atoms with Crippen molar-refractivity contribution >= 4 is 5.78 Å².